The van der Waals surface area contributed by atoms with E-state index in [1.165, 1.54) is 32.1 Å². The molecular weight excluding hydrogens is 194 g/mol. The summed E-state index contributed by atoms with van der Waals surface area (Å²) < 4.78 is 5.04. The van der Waals surface area contributed by atoms with E-state index >= 15 is 0 Å². The molecule has 0 aromatic heterocycles. The molecule has 0 saturated heterocycles. The van der Waals surface area contributed by atoms with E-state index in [9.17, 15) is 4.79 Å². The molecule has 0 heterocycles. The van der Waals surface area contributed by atoms with Gasteiger partial charge in [-0.25, -0.2) is 4.79 Å². The summed E-state index contributed by atoms with van der Waals surface area (Å²) in [5.74, 6) is -0.903. The molecule has 0 radical (unpaired) electrons. The van der Waals surface area contributed by atoms with Crippen molar-refractivity contribution in [3.8, 4) is 0 Å². The molecule has 15 heavy (non-hydrogen) atoms. The number of hydrogen-bond acceptors (Lipinski definition) is 3. The highest BCUT2D eigenvalue weighted by Gasteiger charge is 2.15. The van der Waals surface area contributed by atoms with Crippen LogP contribution in [-0.4, -0.2) is 36.4 Å². The molecule has 1 saturated carbocycles. The van der Waals surface area contributed by atoms with E-state index in [4.69, 9.17) is 9.84 Å². The van der Waals surface area contributed by atoms with Crippen LogP contribution in [0.3, 0.4) is 0 Å². The molecule has 0 bridgehead atoms. The Morgan fingerprint density at radius 2 is 2.13 bits per heavy atom. The van der Waals surface area contributed by atoms with E-state index in [-0.39, 0.29) is 12.6 Å². The Labute approximate surface area is 91.0 Å². The van der Waals surface area contributed by atoms with Crippen LogP contribution in [0.5, 0.6) is 0 Å². The van der Waals surface area contributed by atoms with E-state index in [0.717, 1.165) is 0 Å². The summed E-state index contributed by atoms with van der Waals surface area (Å²) in [6.07, 6.45) is 6.44. The number of rotatable bonds is 6. The van der Waals surface area contributed by atoms with Crippen molar-refractivity contribution in [3.63, 3.8) is 0 Å². The van der Waals surface area contributed by atoms with E-state index in [1.54, 1.807) is 0 Å². The lowest BCUT2D eigenvalue weighted by Gasteiger charge is -2.26. The standard InChI is InChI=1S/C11H21NO3/c1-9(7-15-8-11(13)14)12-10-5-3-2-4-6-10/h9-10,12H,2-8H2,1H3,(H,13,14)/t9-/m1/s1. The topological polar surface area (TPSA) is 58.6 Å². The first-order valence-corrected chi connectivity index (χ1v) is 5.74. The van der Waals surface area contributed by atoms with Crippen LogP contribution >= 0.6 is 0 Å². The minimum absolute atomic E-state index is 0.198. The van der Waals surface area contributed by atoms with Crippen LogP contribution in [0.4, 0.5) is 0 Å². The van der Waals surface area contributed by atoms with Crippen molar-refractivity contribution in [2.75, 3.05) is 13.2 Å². The second-order valence-corrected chi connectivity index (χ2v) is 4.31. The van der Waals surface area contributed by atoms with Crippen LogP contribution in [-0.2, 0) is 9.53 Å². The van der Waals surface area contributed by atoms with Gasteiger partial charge >= 0.3 is 5.97 Å². The predicted molar refractivity (Wildman–Crippen MR) is 57.9 cm³/mol. The molecule has 1 atom stereocenters. The summed E-state index contributed by atoms with van der Waals surface area (Å²) in [6, 6.07) is 0.842. The Balaban J connectivity index is 2.06. The number of hydrogen-bond donors (Lipinski definition) is 2. The number of nitrogens with one attached hydrogen (secondary N) is 1. The Bertz CT molecular complexity index is 190. The lowest BCUT2D eigenvalue weighted by atomic mass is 9.95. The Kier molecular flexibility index (Phi) is 5.65. The highest BCUT2D eigenvalue weighted by atomic mass is 16.5. The van der Waals surface area contributed by atoms with E-state index in [2.05, 4.69) is 5.32 Å². The average molecular weight is 215 g/mol. The first-order valence-electron chi connectivity index (χ1n) is 5.74. The van der Waals surface area contributed by atoms with Crippen molar-refractivity contribution >= 4 is 5.97 Å². The Hall–Kier alpha value is -0.610. The molecule has 0 aromatic carbocycles. The minimum atomic E-state index is -0.903. The molecule has 4 heteroatoms. The van der Waals surface area contributed by atoms with Gasteiger partial charge in [-0.05, 0) is 19.8 Å². The maximum absolute atomic E-state index is 10.2. The summed E-state index contributed by atoms with van der Waals surface area (Å²) in [7, 11) is 0. The second-order valence-electron chi connectivity index (χ2n) is 4.31. The fourth-order valence-corrected chi connectivity index (χ4v) is 2.04. The maximum atomic E-state index is 10.2. The van der Waals surface area contributed by atoms with E-state index in [1.807, 2.05) is 6.92 Å². The lowest BCUT2D eigenvalue weighted by molar-refractivity contribution is -0.142. The smallest absolute Gasteiger partial charge is 0.329 e. The van der Waals surface area contributed by atoms with Gasteiger partial charge in [0.25, 0.3) is 0 Å². The lowest BCUT2D eigenvalue weighted by Crippen LogP contribution is -2.40. The van der Waals surface area contributed by atoms with Gasteiger partial charge in [-0.15, -0.1) is 0 Å². The number of carboxylic acid groups (broad SMARTS) is 1. The average Bonchev–Trinajstić information content (AvgIpc) is 2.18. The largest absolute Gasteiger partial charge is 0.480 e. The van der Waals surface area contributed by atoms with Crippen LogP contribution in [0.25, 0.3) is 0 Å². The van der Waals surface area contributed by atoms with Crippen LogP contribution in [0.2, 0.25) is 0 Å². The number of carbonyl (C=O) groups is 1. The molecule has 0 spiro atoms. The molecule has 4 nitrogen and oxygen atoms in total. The molecule has 0 amide bonds. The van der Waals surface area contributed by atoms with Gasteiger partial charge in [-0.3, -0.25) is 0 Å². The van der Waals surface area contributed by atoms with Gasteiger partial charge in [0, 0.05) is 12.1 Å². The summed E-state index contributed by atoms with van der Waals surface area (Å²) in [5.41, 5.74) is 0. The van der Waals surface area contributed by atoms with Crippen molar-refractivity contribution in [2.24, 2.45) is 0 Å². The first kappa shape index (κ1) is 12.5. The third-order valence-electron chi connectivity index (χ3n) is 2.72. The molecular formula is C11H21NO3. The van der Waals surface area contributed by atoms with Gasteiger partial charge in [-0.1, -0.05) is 19.3 Å². The quantitative estimate of drug-likeness (QED) is 0.703. The predicted octanol–water partition coefficient (Wildman–Crippen LogP) is 1.40. The van der Waals surface area contributed by atoms with Crippen LogP contribution in [0.1, 0.15) is 39.0 Å². The van der Waals surface area contributed by atoms with Gasteiger partial charge in [0.05, 0.1) is 6.61 Å². The number of aliphatic carboxylic acids is 1. The van der Waals surface area contributed by atoms with Gasteiger partial charge < -0.3 is 15.2 Å². The first-order chi connectivity index (χ1) is 7.18. The van der Waals surface area contributed by atoms with Crippen molar-refractivity contribution in [2.45, 2.75) is 51.1 Å². The SMILES string of the molecule is C[C@H](COCC(=O)O)NC1CCCCC1. The number of carboxylic acids is 1. The molecule has 1 rings (SSSR count). The third kappa shape index (κ3) is 5.74. The maximum Gasteiger partial charge on any atom is 0.329 e. The van der Waals surface area contributed by atoms with Crippen LogP contribution in [0.15, 0.2) is 0 Å². The molecule has 0 unspecified atom stereocenters. The minimum Gasteiger partial charge on any atom is -0.480 e. The highest BCUT2D eigenvalue weighted by Crippen LogP contribution is 2.17. The zero-order chi connectivity index (χ0) is 11.1. The zero-order valence-electron chi connectivity index (χ0n) is 9.37. The molecule has 2 N–H and O–H groups in total. The Morgan fingerprint density at radius 3 is 2.73 bits per heavy atom. The van der Waals surface area contributed by atoms with Crippen molar-refractivity contribution in [1.82, 2.24) is 5.32 Å². The molecule has 1 aliphatic rings. The summed E-state index contributed by atoms with van der Waals surface area (Å²) in [6.45, 7) is 2.32. The highest BCUT2D eigenvalue weighted by molar-refractivity contribution is 5.67. The van der Waals surface area contributed by atoms with Crippen LogP contribution < -0.4 is 5.32 Å². The second kappa shape index (κ2) is 6.80. The molecule has 1 fully saturated rings. The summed E-state index contributed by atoms with van der Waals surface area (Å²) in [4.78, 5) is 10.2. The summed E-state index contributed by atoms with van der Waals surface area (Å²) >= 11 is 0. The van der Waals surface area contributed by atoms with Crippen molar-refractivity contribution < 1.29 is 14.6 Å². The van der Waals surface area contributed by atoms with Crippen LogP contribution in [0, 0.1) is 0 Å². The van der Waals surface area contributed by atoms with Crippen molar-refractivity contribution in [1.29, 1.82) is 0 Å². The van der Waals surface area contributed by atoms with Gasteiger partial charge in [0.2, 0.25) is 0 Å². The Morgan fingerprint density at radius 1 is 1.47 bits per heavy atom. The zero-order valence-corrected chi connectivity index (χ0v) is 9.37. The molecule has 0 aromatic rings. The van der Waals surface area contributed by atoms with E-state index < -0.39 is 5.97 Å². The van der Waals surface area contributed by atoms with E-state index in [0.29, 0.717) is 12.6 Å². The molecule has 0 aliphatic heterocycles. The number of ether oxygens (including phenoxy) is 1. The van der Waals surface area contributed by atoms with Gasteiger partial charge in [0.1, 0.15) is 6.61 Å². The fraction of sp³-hybridized carbons (Fsp3) is 0.909. The summed E-state index contributed by atoms with van der Waals surface area (Å²) in [5, 5.41) is 11.9. The fourth-order valence-electron chi connectivity index (χ4n) is 2.04. The van der Waals surface area contributed by atoms with Gasteiger partial charge in [0.15, 0.2) is 0 Å². The van der Waals surface area contributed by atoms with Gasteiger partial charge in [-0.2, -0.15) is 0 Å². The normalized spacial score (nSPS) is 20.1. The monoisotopic (exact) mass is 215 g/mol. The molecule has 1 aliphatic carbocycles. The third-order valence-corrected chi connectivity index (χ3v) is 2.72. The molecule has 88 valence electrons. The van der Waals surface area contributed by atoms with Crippen molar-refractivity contribution in [3.05, 3.63) is 0 Å².